The number of nitrogens with zero attached hydrogens (tertiary/aromatic N) is 1. The van der Waals surface area contributed by atoms with Gasteiger partial charge in [-0.3, -0.25) is 0 Å². The van der Waals surface area contributed by atoms with Crippen LogP contribution in [0.15, 0.2) is 11.6 Å². The van der Waals surface area contributed by atoms with Crippen molar-refractivity contribution in [3.05, 3.63) is 11.6 Å². The third-order valence-corrected chi connectivity index (χ3v) is 3.68. The molecule has 0 amide bonds. The normalized spacial score (nSPS) is 12.4. The molecule has 0 aromatic heterocycles. The molecular formula is C17H34LiN. The van der Waals surface area contributed by atoms with E-state index in [1.54, 1.807) is 5.57 Å². The minimum atomic E-state index is 1.17. The Bertz CT molecular complexity index is 201. The summed E-state index contributed by atoms with van der Waals surface area (Å²) in [6.07, 6.45) is 13.4. The molecule has 0 aliphatic rings. The summed E-state index contributed by atoms with van der Waals surface area (Å²) in [4.78, 5) is 2.67. The summed E-state index contributed by atoms with van der Waals surface area (Å²) in [5.74, 6) is 0. The molecule has 0 aliphatic carbocycles. The van der Waals surface area contributed by atoms with Gasteiger partial charge in [-0.15, -0.1) is 0 Å². The SMILES string of the molecule is [Li][CH2]C=C(C)CN(CCCCCC)CCCCCC. The summed E-state index contributed by atoms with van der Waals surface area (Å²) in [7, 11) is 0. The van der Waals surface area contributed by atoms with Gasteiger partial charge in [-0.25, -0.2) is 0 Å². The first-order chi connectivity index (χ1) is 9.24. The first-order valence-corrected chi connectivity index (χ1v) is 8.62. The van der Waals surface area contributed by atoms with E-state index in [2.05, 4.69) is 49.5 Å². The molecule has 0 saturated heterocycles. The standard InChI is InChI=1S/C17H34N.Li/c1-5-8-10-12-14-18(16-17(4)7-3)15-13-11-9-6-2;/h7H,3,5-6,8-16H2,1-2,4H3;. The fraction of sp³-hybridized carbons (Fsp3) is 0.882. The molecule has 0 heterocycles. The first-order valence-electron chi connectivity index (χ1n) is 8.62. The molecule has 0 rings (SSSR count). The van der Waals surface area contributed by atoms with Gasteiger partial charge < -0.3 is 0 Å². The predicted molar refractivity (Wildman–Crippen MR) is 89.0 cm³/mol. The quantitative estimate of drug-likeness (QED) is 0.256. The van der Waals surface area contributed by atoms with E-state index in [-0.39, 0.29) is 0 Å². The van der Waals surface area contributed by atoms with Crippen LogP contribution in [-0.2, 0) is 0 Å². The molecule has 0 radical (unpaired) electrons. The molecule has 0 bridgehead atoms. The van der Waals surface area contributed by atoms with Crippen molar-refractivity contribution in [3.63, 3.8) is 0 Å². The van der Waals surface area contributed by atoms with E-state index in [1.165, 1.54) is 76.1 Å². The Morgan fingerprint density at radius 2 is 1.42 bits per heavy atom. The average Bonchev–Trinajstić information content (AvgIpc) is 2.39. The van der Waals surface area contributed by atoms with E-state index in [0.29, 0.717) is 0 Å². The Balaban J connectivity index is 3.95. The molecule has 0 N–H and O–H groups in total. The topological polar surface area (TPSA) is 3.24 Å². The van der Waals surface area contributed by atoms with Crippen LogP contribution in [0.4, 0.5) is 0 Å². The zero-order valence-electron chi connectivity index (χ0n) is 14.0. The summed E-state index contributed by atoms with van der Waals surface area (Å²) >= 11 is 2.23. The van der Waals surface area contributed by atoms with Crippen LogP contribution < -0.4 is 0 Å². The summed E-state index contributed by atoms with van der Waals surface area (Å²) in [5.41, 5.74) is 1.55. The van der Waals surface area contributed by atoms with Gasteiger partial charge in [0.1, 0.15) is 0 Å². The Kier molecular flexibility index (Phi) is 14.9. The summed E-state index contributed by atoms with van der Waals surface area (Å²) in [6.45, 7) is 10.6. The summed E-state index contributed by atoms with van der Waals surface area (Å²) < 4.78 is 0. The van der Waals surface area contributed by atoms with Crippen molar-refractivity contribution in [1.29, 1.82) is 0 Å². The maximum atomic E-state index is 2.67. The van der Waals surface area contributed by atoms with Gasteiger partial charge in [-0.2, -0.15) is 0 Å². The molecule has 0 spiro atoms. The summed E-state index contributed by atoms with van der Waals surface area (Å²) in [5, 5.41) is 1.17. The van der Waals surface area contributed by atoms with Crippen molar-refractivity contribution in [2.45, 2.75) is 77.2 Å². The molecule has 0 fully saturated rings. The first kappa shape index (κ1) is 19.3. The van der Waals surface area contributed by atoms with Crippen molar-refractivity contribution >= 4 is 17.7 Å². The monoisotopic (exact) mass is 259 g/mol. The average molecular weight is 259 g/mol. The van der Waals surface area contributed by atoms with Crippen molar-refractivity contribution in [2.75, 3.05) is 19.6 Å². The van der Waals surface area contributed by atoms with Gasteiger partial charge >= 0.3 is 131 Å². The van der Waals surface area contributed by atoms with Crippen molar-refractivity contribution in [1.82, 2.24) is 4.90 Å². The fourth-order valence-electron chi connectivity index (χ4n) is 2.56. The van der Waals surface area contributed by atoms with E-state index < -0.39 is 0 Å². The van der Waals surface area contributed by atoms with Crippen molar-refractivity contribution in [3.8, 4) is 0 Å². The van der Waals surface area contributed by atoms with E-state index in [4.69, 9.17) is 0 Å². The van der Waals surface area contributed by atoms with Gasteiger partial charge in [0.2, 0.25) is 0 Å². The second-order valence-corrected chi connectivity index (χ2v) is 5.86. The Labute approximate surface area is 131 Å². The molecular weight excluding hydrogens is 225 g/mol. The third-order valence-electron chi connectivity index (χ3n) is 3.68. The van der Waals surface area contributed by atoms with Crippen molar-refractivity contribution in [2.24, 2.45) is 0 Å². The number of hydrogen-bond acceptors (Lipinski definition) is 1. The van der Waals surface area contributed by atoms with Crippen LogP contribution in [0.25, 0.3) is 0 Å². The second-order valence-electron chi connectivity index (χ2n) is 5.86. The Morgan fingerprint density at radius 3 is 1.84 bits per heavy atom. The zero-order chi connectivity index (χ0) is 14.3. The van der Waals surface area contributed by atoms with Gasteiger partial charge in [0.05, 0.1) is 0 Å². The fourth-order valence-corrected chi connectivity index (χ4v) is 2.56. The molecule has 0 saturated carbocycles. The molecule has 108 valence electrons. The van der Waals surface area contributed by atoms with Gasteiger partial charge in [0.25, 0.3) is 0 Å². The van der Waals surface area contributed by atoms with Crippen LogP contribution in [-0.4, -0.2) is 42.2 Å². The van der Waals surface area contributed by atoms with Gasteiger partial charge in [-0.1, -0.05) is 0 Å². The Morgan fingerprint density at radius 1 is 0.895 bits per heavy atom. The van der Waals surface area contributed by atoms with Gasteiger partial charge in [-0.05, 0) is 0 Å². The molecule has 0 aromatic rings. The van der Waals surface area contributed by atoms with Crippen LogP contribution in [0.2, 0.25) is 5.09 Å². The molecule has 2 heteroatoms. The van der Waals surface area contributed by atoms with Crippen LogP contribution in [0.1, 0.15) is 72.1 Å². The predicted octanol–water partition coefficient (Wildman–Crippen LogP) is 4.98. The van der Waals surface area contributed by atoms with Crippen LogP contribution in [0.5, 0.6) is 0 Å². The van der Waals surface area contributed by atoms with E-state index >= 15 is 0 Å². The molecule has 1 nitrogen and oxygen atoms in total. The molecule has 0 atom stereocenters. The molecule has 19 heavy (non-hydrogen) atoms. The molecule has 0 unspecified atom stereocenters. The number of rotatable bonds is 13. The Hall–Kier alpha value is 0.297. The van der Waals surface area contributed by atoms with E-state index in [0.717, 1.165) is 0 Å². The number of unbranched alkanes of at least 4 members (excludes halogenated alkanes) is 6. The van der Waals surface area contributed by atoms with Gasteiger partial charge in [0, 0.05) is 0 Å². The van der Waals surface area contributed by atoms with Crippen LogP contribution in [0.3, 0.4) is 0 Å². The minimum absolute atomic E-state index is 1.17. The van der Waals surface area contributed by atoms with E-state index in [1.807, 2.05) is 0 Å². The van der Waals surface area contributed by atoms with Crippen molar-refractivity contribution < 1.29 is 0 Å². The van der Waals surface area contributed by atoms with E-state index in [9.17, 15) is 0 Å². The number of allylic oxidation sites excluding steroid dienone is 1. The van der Waals surface area contributed by atoms with Crippen LogP contribution >= 0.6 is 0 Å². The molecule has 0 aromatic carbocycles. The number of hydrogen-bond donors (Lipinski definition) is 0. The van der Waals surface area contributed by atoms with Gasteiger partial charge in [0.15, 0.2) is 0 Å². The zero-order valence-corrected chi connectivity index (χ0v) is 14.0. The van der Waals surface area contributed by atoms with Crippen LogP contribution in [0, 0.1) is 0 Å². The third kappa shape index (κ3) is 13.1. The maximum absolute atomic E-state index is 2.67. The summed E-state index contributed by atoms with van der Waals surface area (Å²) in [6, 6.07) is 0. The molecule has 0 aliphatic heterocycles. The second kappa shape index (κ2) is 14.7.